The van der Waals surface area contributed by atoms with E-state index in [4.69, 9.17) is 9.47 Å². The van der Waals surface area contributed by atoms with Gasteiger partial charge in [0.2, 0.25) is 11.7 Å². The number of ketones is 1. The fourth-order valence-electron chi connectivity index (χ4n) is 4.02. The number of Topliss-reactive ketones (excluding diaryl/α,β-unsaturated/α-hetero) is 1. The molecule has 0 spiro atoms. The Labute approximate surface area is 168 Å². The molecule has 7 heteroatoms. The van der Waals surface area contributed by atoms with Crippen LogP contribution in [0.5, 0.6) is 5.88 Å². The first-order valence-electron chi connectivity index (χ1n) is 9.67. The van der Waals surface area contributed by atoms with Crippen LogP contribution in [-0.2, 0) is 24.1 Å². The highest BCUT2D eigenvalue weighted by molar-refractivity contribution is 7.18. The summed E-state index contributed by atoms with van der Waals surface area (Å²) in [6.07, 6.45) is 5.74. The van der Waals surface area contributed by atoms with Crippen molar-refractivity contribution in [3.8, 4) is 5.88 Å². The van der Waals surface area contributed by atoms with Crippen molar-refractivity contribution in [2.45, 2.75) is 46.1 Å². The summed E-state index contributed by atoms with van der Waals surface area (Å²) in [7, 11) is 1.70. The van der Waals surface area contributed by atoms with Crippen LogP contribution in [0.3, 0.4) is 0 Å². The second-order valence-electron chi connectivity index (χ2n) is 7.21. The van der Waals surface area contributed by atoms with Gasteiger partial charge in [0.05, 0.1) is 5.39 Å². The van der Waals surface area contributed by atoms with E-state index in [9.17, 15) is 4.79 Å². The summed E-state index contributed by atoms with van der Waals surface area (Å²) in [6.45, 7) is 5.55. The van der Waals surface area contributed by atoms with Crippen molar-refractivity contribution in [1.82, 2.24) is 14.5 Å². The van der Waals surface area contributed by atoms with E-state index < -0.39 is 0 Å². The first kappa shape index (κ1) is 19.1. The molecular formula is C21H25N3O3S. The van der Waals surface area contributed by atoms with Gasteiger partial charge in [-0.15, -0.1) is 11.3 Å². The molecule has 3 aromatic heterocycles. The molecule has 0 unspecified atom stereocenters. The van der Waals surface area contributed by atoms with E-state index in [0.29, 0.717) is 12.5 Å². The second-order valence-corrected chi connectivity index (χ2v) is 8.29. The van der Waals surface area contributed by atoms with Crippen molar-refractivity contribution in [1.29, 1.82) is 0 Å². The molecular weight excluding hydrogens is 374 g/mol. The fraction of sp³-hybridized carbons (Fsp3) is 0.476. The number of rotatable bonds is 8. The predicted octanol–water partition coefficient (Wildman–Crippen LogP) is 3.90. The Bertz CT molecular complexity index is 1020. The minimum atomic E-state index is -0.0234. The SMILES string of the molecule is COCCCn1c(C)cc(C(=O)COc2ncnc3sc4c(c23)CCC4)c1C. The van der Waals surface area contributed by atoms with E-state index in [1.807, 2.05) is 19.9 Å². The van der Waals surface area contributed by atoms with Crippen molar-refractivity contribution in [3.05, 3.63) is 39.8 Å². The molecule has 1 aliphatic rings. The van der Waals surface area contributed by atoms with E-state index >= 15 is 0 Å². The number of thiophene rings is 1. The van der Waals surface area contributed by atoms with E-state index in [1.54, 1.807) is 18.4 Å². The monoisotopic (exact) mass is 399 g/mol. The number of nitrogens with zero attached hydrogens (tertiary/aromatic N) is 3. The van der Waals surface area contributed by atoms with Gasteiger partial charge in [-0.2, -0.15) is 0 Å². The molecule has 0 amide bonds. The molecule has 148 valence electrons. The number of methoxy groups -OCH3 is 1. The Balaban J connectivity index is 1.51. The average Bonchev–Trinajstić information content (AvgIpc) is 3.35. The minimum absolute atomic E-state index is 0.0148. The second kappa shape index (κ2) is 8.01. The molecule has 0 saturated heterocycles. The summed E-state index contributed by atoms with van der Waals surface area (Å²) in [5.74, 6) is 0.511. The summed E-state index contributed by atoms with van der Waals surface area (Å²) < 4.78 is 13.2. The molecule has 3 aromatic rings. The maximum atomic E-state index is 12.8. The molecule has 0 aromatic carbocycles. The highest BCUT2D eigenvalue weighted by atomic mass is 32.1. The van der Waals surface area contributed by atoms with Gasteiger partial charge in [-0.3, -0.25) is 4.79 Å². The first-order valence-corrected chi connectivity index (χ1v) is 10.5. The molecule has 0 N–H and O–H groups in total. The molecule has 0 bridgehead atoms. The van der Waals surface area contributed by atoms with Gasteiger partial charge in [-0.05, 0) is 51.2 Å². The summed E-state index contributed by atoms with van der Waals surface area (Å²) in [4.78, 5) is 23.9. The molecule has 0 fully saturated rings. The number of hydrogen-bond acceptors (Lipinski definition) is 6. The zero-order valence-corrected chi connectivity index (χ0v) is 17.4. The average molecular weight is 400 g/mol. The molecule has 0 saturated carbocycles. The molecule has 6 nitrogen and oxygen atoms in total. The number of fused-ring (bicyclic) bond motifs is 3. The lowest BCUT2D eigenvalue weighted by atomic mass is 10.1. The van der Waals surface area contributed by atoms with Crippen LogP contribution in [-0.4, -0.2) is 40.6 Å². The van der Waals surface area contributed by atoms with Gasteiger partial charge in [0.15, 0.2) is 6.61 Å². The van der Waals surface area contributed by atoms with Crippen molar-refractivity contribution < 1.29 is 14.3 Å². The Morgan fingerprint density at radius 1 is 1.29 bits per heavy atom. The zero-order valence-electron chi connectivity index (χ0n) is 16.6. The lowest BCUT2D eigenvalue weighted by Gasteiger charge is -2.10. The molecule has 28 heavy (non-hydrogen) atoms. The Kier molecular flexibility index (Phi) is 5.46. The zero-order chi connectivity index (χ0) is 19.7. The Hall–Kier alpha value is -2.25. The van der Waals surface area contributed by atoms with Gasteiger partial charge in [-0.1, -0.05) is 0 Å². The summed E-state index contributed by atoms with van der Waals surface area (Å²) in [5, 5.41) is 0.998. The van der Waals surface area contributed by atoms with Crippen molar-refractivity contribution in [2.75, 3.05) is 20.3 Å². The highest BCUT2D eigenvalue weighted by Gasteiger charge is 2.23. The topological polar surface area (TPSA) is 66.2 Å². The van der Waals surface area contributed by atoms with Crippen LogP contribution >= 0.6 is 11.3 Å². The van der Waals surface area contributed by atoms with Crippen molar-refractivity contribution in [3.63, 3.8) is 0 Å². The third-order valence-corrected chi connectivity index (χ3v) is 6.61. The molecule has 0 radical (unpaired) electrons. The van der Waals surface area contributed by atoms with Crippen LogP contribution < -0.4 is 4.74 Å². The summed E-state index contributed by atoms with van der Waals surface area (Å²) >= 11 is 1.72. The lowest BCUT2D eigenvalue weighted by Crippen LogP contribution is -2.14. The van der Waals surface area contributed by atoms with Crippen LogP contribution in [0.25, 0.3) is 10.2 Å². The fourth-order valence-corrected chi connectivity index (χ4v) is 5.23. The third-order valence-electron chi connectivity index (χ3n) is 5.41. The normalized spacial score (nSPS) is 13.2. The van der Waals surface area contributed by atoms with Crippen LogP contribution in [0.15, 0.2) is 12.4 Å². The van der Waals surface area contributed by atoms with Gasteiger partial charge >= 0.3 is 0 Å². The highest BCUT2D eigenvalue weighted by Crippen LogP contribution is 2.39. The third kappa shape index (κ3) is 3.44. The Morgan fingerprint density at radius 2 is 2.14 bits per heavy atom. The van der Waals surface area contributed by atoms with Crippen LogP contribution in [0.2, 0.25) is 0 Å². The van der Waals surface area contributed by atoms with E-state index in [2.05, 4.69) is 14.5 Å². The number of aryl methyl sites for hydroxylation is 3. The molecule has 4 rings (SSSR count). The first-order chi connectivity index (χ1) is 13.6. The largest absolute Gasteiger partial charge is 0.469 e. The molecule has 3 heterocycles. The van der Waals surface area contributed by atoms with Gasteiger partial charge < -0.3 is 14.0 Å². The number of carbonyl (C=O) groups is 1. The van der Waals surface area contributed by atoms with Crippen LogP contribution in [0, 0.1) is 13.8 Å². The van der Waals surface area contributed by atoms with Crippen molar-refractivity contribution >= 4 is 27.3 Å². The minimum Gasteiger partial charge on any atom is -0.469 e. The maximum absolute atomic E-state index is 12.8. The number of carbonyl (C=O) groups excluding carboxylic acids is 1. The van der Waals surface area contributed by atoms with Gasteiger partial charge in [0, 0.05) is 42.1 Å². The molecule has 1 aliphatic carbocycles. The standard InChI is InChI=1S/C21H25N3O3S/c1-13-10-16(14(2)24(13)8-5-9-26-3)17(25)11-27-20-19-15-6-4-7-18(15)28-21(19)23-12-22-20/h10,12H,4-9,11H2,1-3H3. The molecule has 0 atom stereocenters. The predicted molar refractivity (Wildman–Crippen MR) is 110 cm³/mol. The van der Waals surface area contributed by atoms with Gasteiger partial charge in [0.1, 0.15) is 11.2 Å². The van der Waals surface area contributed by atoms with Crippen LogP contribution in [0.1, 0.15) is 45.0 Å². The summed E-state index contributed by atoms with van der Waals surface area (Å²) in [5.41, 5.74) is 4.08. The smallest absolute Gasteiger partial charge is 0.226 e. The maximum Gasteiger partial charge on any atom is 0.226 e. The van der Waals surface area contributed by atoms with Gasteiger partial charge in [-0.25, -0.2) is 9.97 Å². The van der Waals surface area contributed by atoms with E-state index in [1.165, 1.54) is 23.2 Å². The summed E-state index contributed by atoms with van der Waals surface area (Å²) in [6, 6.07) is 1.95. The van der Waals surface area contributed by atoms with Gasteiger partial charge in [0.25, 0.3) is 0 Å². The number of ether oxygens (including phenoxy) is 2. The number of hydrogen-bond donors (Lipinski definition) is 0. The van der Waals surface area contributed by atoms with Crippen molar-refractivity contribution in [2.24, 2.45) is 0 Å². The number of aromatic nitrogens is 3. The van der Waals surface area contributed by atoms with E-state index in [0.717, 1.165) is 53.0 Å². The van der Waals surface area contributed by atoms with Crippen LogP contribution in [0.4, 0.5) is 0 Å². The quantitative estimate of drug-likeness (QED) is 0.425. The lowest BCUT2D eigenvalue weighted by molar-refractivity contribution is 0.0918. The molecule has 0 aliphatic heterocycles. The Morgan fingerprint density at radius 3 is 2.96 bits per heavy atom. The van der Waals surface area contributed by atoms with E-state index in [-0.39, 0.29) is 12.4 Å².